The second kappa shape index (κ2) is 9.94. The van der Waals surface area contributed by atoms with Crippen molar-refractivity contribution in [3.63, 3.8) is 0 Å². The van der Waals surface area contributed by atoms with Crippen LogP contribution >= 0.6 is 11.3 Å². The van der Waals surface area contributed by atoms with E-state index in [2.05, 4.69) is 20.6 Å². The molecule has 1 aliphatic rings. The van der Waals surface area contributed by atoms with Crippen LogP contribution in [0.1, 0.15) is 62.2 Å². The molecular formula is C22H22F3N5O3S. The topological polar surface area (TPSA) is 98.1 Å². The monoisotopic (exact) mass is 493 g/mol. The molecule has 12 heteroatoms. The highest BCUT2D eigenvalue weighted by molar-refractivity contribution is 7.09. The normalized spacial score (nSPS) is 14.4. The molecule has 2 amide bonds. The Kier molecular flexibility index (Phi) is 6.98. The van der Waals surface area contributed by atoms with E-state index in [1.54, 1.807) is 10.8 Å². The first kappa shape index (κ1) is 23.9. The van der Waals surface area contributed by atoms with Gasteiger partial charge in [0, 0.05) is 30.9 Å². The maximum absolute atomic E-state index is 13.1. The van der Waals surface area contributed by atoms with E-state index in [0.29, 0.717) is 36.5 Å². The van der Waals surface area contributed by atoms with E-state index in [1.165, 1.54) is 23.5 Å². The molecule has 8 nitrogen and oxygen atoms in total. The van der Waals surface area contributed by atoms with Crippen molar-refractivity contribution in [2.45, 2.75) is 45.3 Å². The molecule has 0 saturated carbocycles. The van der Waals surface area contributed by atoms with Crippen molar-refractivity contribution in [1.29, 1.82) is 0 Å². The van der Waals surface area contributed by atoms with Crippen LogP contribution in [0.4, 0.5) is 13.2 Å². The number of rotatable bonds is 7. The van der Waals surface area contributed by atoms with Gasteiger partial charge in [-0.1, -0.05) is 13.0 Å². The first-order valence-corrected chi connectivity index (χ1v) is 11.5. The molecule has 0 unspecified atom stereocenters. The lowest BCUT2D eigenvalue weighted by atomic mass is 10.2. The average molecular weight is 494 g/mol. The van der Waals surface area contributed by atoms with Gasteiger partial charge in [0.05, 0.1) is 30.5 Å². The molecule has 0 aromatic carbocycles. The number of fused-ring (bicyclic) bond motifs is 1. The Morgan fingerprint density at radius 2 is 2.09 bits per heavy atom. The molecule has 1 aliphatic heterocycles. The van der Waals surface area contributed by atoms with Gasteiger partial charge in [-0.2, -0.15) is 13.2 Å². The van der Waals surface area contributed by atoms with E-state index in [1.807, 2.05) is 12.3 Å². The van der Waals surface area contributed by atoms with Crippen LogP contribution in [0, 0.1) is 0 Å². The summed E-state index contributed by atoms with van der Waals surface area (Å²) < 4.78 is 45.3. The summed E-state index contributed by atoms with van der Waals surface area (Å²) in [7, 11) is 0. The van der Waals surface area contributed by atoms with Gasteiger partial charge in [-0.25, -0.2) is 4.98 Å². The number of alkyl halides is 3. The van der Waals surface area contributed by atoms with Crippen LogP contribution < -0.4 is 10.6 Å². The highest BCUT2D eigenvalue weighted by atomic mass is 32.1. The summed E-state index contributed by atoms with van der Waals surface area (Å²) in [5, 5.41) is 8.30. The van der Waals surface area contributed by atoms with E-state index < -0.39 is 17.8 Å². The van der Waals surface area contributed by atoms with Gasteiger partial charge in [0.2, 0.25) is 0 Å². The van der Waals surface area contributed by atoms with Crippen LogP contribution in [0.3, 0.4) is 0 Å². The van der Waals surface area contributed by atoms with Crippen LogP contribution in [-0.2, 0) is 30.6 Å². The van der Waals surface area contributed by atoms with Crippen molar-refractivity contribution in [2.75, 3.05) is 6.61 Å². The van der Waals surface area contributed by atoms with Gasteiger partial charge < -0.3 is 19.9 Å². The Morgan fingerprint density at radius 3 is 2.74 bits per heavy atom. The van der Waals surface area contributed by atoms with Gasteiger partial charge in [0.15, 0.2) is 0 Å². The molecular weight excluding hydrogens is 471 g/mol. The number of nitrogens with zero attached hydrogens (tertiary/aromatic N) is 3. The van der Waals surface area contributed by atoms with Crippen molar-refractivity contribution in [3.05, 3.63) is 69.2 Å². The zero-order chi connectivity index (χ0) is 24.3. The summed E-state index contributed by atoms with van der Waals surface area (Å²) >= 11 is 1.45. The van der Waals surface area contributed by atoms with E-state index >= 15 is 0 Å². The van der Waals surface area contributed by atoms with Crippen molar-refractivity contribution >= 4 is 23.2 Å². The minimum atomic E-state index is -4.53. The maximum Gasteiger partial charge on any atom is 0.433 e. The average Bonchev–Trinajstić information content (AvgIpc) is 3.49. The van der Waals surface area contributed by atoms with Gasteiger partial charge in [0.1, 0.15) is 16.4 Å². The second-order valence-corrected chi connectivity index (χ2v) is 8.56. The molecule has 3 aromatic rings. The molecule has 4 heterocycles. The van der Waals surface area contributed by atoms with Crippen LogP contribution in [0.25, 0.3) is 0 Å². The summed E-state index contributed by atoms with van der Waals surface area (Å²) in [5.74, 6) is -0.781. The Labute approximate surface area is 197 Å². The number of ether oxygens (including phenoxy) is 1. The number of halogens is 3. The maximum atomic E-state index is 13.1. The molecule has 1 atom stereocenters. The minimum absolute atomic E-state index is 0.0149. The third kappa shape index (κ3) is 5.12. The summed E-state index contributed by atoms with van der Waals surface area (Å²) in [6.07, 6.45) is -1.12. The predicted molar refractivity (Wildman–Crippen MR) is 117 cm³/mol. The molecule has 0 saturated heterocycles. The van der Waals surface area contributed by atoms with Crippen molar-refractivity contribution in [1.82, 2.24) is 25.2 Å². The zero-order valence-corrected chi connectivity index (χ0v) is 19.0. The van der Waals surface area contributed by atoms with E-state index in [0.717, 1.165) is 17.3 Å². The Bertz CT molecular complexity index is 1160. The van der Waals surface area contributed by atoms with Gasteiger partial charge in [-0.3, -0.25) is 14.6 Å². The number of amides is 2. The SMILES string of the molecule is CC[C@@H](NC(=O)c1cc(C(=O)NCc2ccc(C(F)(F)F)nc2)c2n1CCOC2)c1nccs1. The summed E-state index contributed by atoms with van der Waals surface area (Å²) in [4.78, 5) is 33.6. The highest BCUT2D eigenvalue weighted by Gasteiger charge is 2.32. The Morgan fingerprint density at radius 1 is 1.26 bits per heavy atom. The van der Waals surface area contributed by atoms with Crippen molar-refractivity contribution in [3.8, 4) is 0 Å². The van der Waals surface area contributed by atoms with E-state index in [-0.39, 0.29) is 30.7 Å². The van der Waals surface area contributed by atoms with Gasteiger partial charge >= 0.3 is 6.18 Å². The second-order valence-electron chi connectivity index (χ2n) is 7.63. The Balaban J connectivity index is 1.50. The number of thiazole rings is 1. The molecule has 180 valence electrons. The van der Waals surface area contributed by atoms with Gasteiger partial charge in [-0.15, -0.1) is 11.3 Å². The number of aromatic nitrogens is 3. The highest BCUT2D eigenvalue weighted by Crippen LogP contribution is 2.27. The summed E-state index contributed by atoms with van der Waals surface area (Å²) in [5.41, 5.74) is 0.612. The number of pyridine rings is 1. The van der Waals surface area contributed by atoms with Crippen LogP contribution in [0.5, 0.6) is 0 Å². The predicted octanol–water partition coefficient (Wildman–Crippen LogP) is 3.70. The smallest absolute Gasteiger partial charge is 0.373 e. The lowest BCUT2D eigenvalue weighted by Gasteiger charge is -2.20. The van der Waals surface area contributed by atoms with E-state index in [4.69, 9.17) is 4.74 Å². The summed E-state index contributed by atoms with van der Waals surface area (Å²) in [6, 6.07) is 3.40. The number of carbonyl (C=O) groups is 2. The number of carbonyl (C=O) groups excluding carboxylic acids is 2. The molecule has 0 spiro atoms. The zero-order valence-electron chi connectivity index (χ0n) is 18.2. The molecule has 4 rings (SSSR count). The number of hydrogen-bond acceptors (Lipinski definition) is 6. The van der Waals surface area contributed by atoms with E-state index in [9.17, 15) is 22.8 Å². The number of nitrogens with one attached hydrogen (secondary N) is 2. The quantitative estimate of drug-likeness (QED) is 0.523. The first-order chi connectivity index (χ1) is 16.3. The van der Waals surface area contributed by atoms with Crippen molar-refractivity contribution in [2.24, 2.45) is 0 Å². The third-order valence-electron chi connectivity index (χ3n) is 5.42. The third-order valence-corrected chi connectivity index (χ3v) is 6.30. The number of hydrogen-bond donors (Lipinski definition) is 2. The molecule has 3 aromatic heterocycles. The molecule has 0 bridgehead atoms. The minimum Gasteiger partial charge on any atom is -0.373 e. The standard InChI is InChI=1S/C22H22F3N5O3S/c1-2-15(21-26-5-8-34-21)29-20(32)16-9-14(17-12-33-7-6-30(16)17)19(31)28-11-13-3-4-18(27-10-13)22(23,24)25/h3-5,8-10,15H,2,6-7,11-12H2,1H3,(H,28,31)(H,29,32)/t15-/m1/s1. The fraction of sp³-hybridized carbons (Fsp3) is 0.364. The van der Waals surface area contributed by atoms with Crippen LogP contribution in [-0.4, -0.2) is 33.0 Å². The van der Waals surface area contributed by atoms with Gasteiger partial charge in [-0.05, 0) is 24.1 Å². The first-order valence-electron chi connectivity index (χ1n) is 10.6. The molecule has 34 heavy (non-hydrogen) atoms. The molecule has 0 radical (unpaired) electrons. The molecule has 0 aliphatic carbocycles. The largest absolute Gasteiger partial charge is 0.433 e. The van der Waals surface area contributed by atoms with Crippen molar-refractivity contribution < 1.29 is 27.5 Å². The summed E-state index contributed by atoms with van der Waals surface area (Å²) in [6.45, 7) is 2.93. The fourth-order valence-electron chi connectivity index (χ4n) is 3.66. The molecule has 2 N–H and O–H groups in total. The molecule has 0 fully saturated rings. The van der Waals surface area contributed by atoms with Crippen LogP contribution in [0.2, 0.25) is 0 Å². The van der Waals surface area contributed by atoms with Crippen LogP contribution in [0.15, 0.2) is 36.0 Å². The fourth-order valence-corrected chi connectivity index (χ4v) is 4.43. The lowest BCUT2D eigenvalue weighted by molar-refractivity contribution is -0.141. The lowest BCUT2D eigenvalue weighted by Crippen LogP contribution is -2.31. The van der Waals surface area contributed by atoms with Gasteiger partial charge in [0.25, 0.3) is 11.8 Å². The Hall–Kier alpha value is -3.25.